The SMILES string of the molecule is Cc1cc(CCC(=O)NCC2CCCN2c2nc3ccccc3o2)ccc1F. The number of fused-ring (bicyclic) bond motifs is 1. The number of anilines is 1. The van der Waals surface area contributed by atoms with Crippen molar-refractivity contribution in [3.05, 3.63) is 59.4 Å². The van der Waals surface area contributed by atoms with Crippen LogP contribution in [0.3, 0.4) is 0 Å². The number of hydrogen-bond donors (Lipinski definition) is 1. The Morgan fingerprint density at radius 2 is 2.18 bits per heavy atom. The van der Waals surface area contributed by atoms with Crippen LogP contribution in [0.1, 0.15) is 30.4 Å². The zero-order valence-corrected chi connectivity index (χ0v) is 16.0. The number of aryl methyl sites for hydroxylation is 2. The van der Waals surface area contributed by atoms with Gasteiger partial charge in [0.25, 0.3) is 6.01 Å². The monoisotopic (exact) mass is 381 g/mol. The van der Waals surface area contributed by atoms with Gasteiger partial charge in [-0.2, -0.15) is 4.98 Å². The van der Waals surface area contributed by atoms with Gasteiger partial charge in [-0.15, -0.1) is 0 Å². The van der Waals surface area contributed by atoms with Crippen LogP contribution in [0.5, 0.6) is 0 Å². The Morgan fingerprint density at radius 3 is 3.00 bits per heavy atom. The van der Waals surface area contributed by atoms with Gasteiger partial charge in [0, 0.05) is 19.5 Å². The number of amides is 1. The van der Waals surface area contributed by atoms with Crippen molar-refractivity contribution < 1.29 is 13.6 Å². The van der Waals surface area contributed by atoms with Crippen LogP contribution in [0.25, 0.3) is 11.1 Å². The first-order valence-electron chi connectivity index (χ1n) is 9.74. The fraction of sp³-hybridized carbons (Fsp3) is 0.364. The highest BCUT2D eigenvalue weighted by Gasteiger charge is 2.28. The van der Waals surface area contributed by atoms with E-state index < -0.39 is 0 Å². The molecule has 3 aromatic rings. The lowest BCUT2D eigenvalue weighted by Crippen LogP contribution is -2.40. The summed E-state index contributed by atoms with van der Waals surface area (Å²) in [5.41, 5.74) is 3.21. The van der Waals surface area contributed by atoms with Crippen molar-refractivity contribution in [3.8, 4) is 0 Å². The number of rotatable bonds is 6. The molecule has 2 aromatic carbocycles. The van der Waals surface area contributed by atoms with Crippen LogP contribution in [0, 0.1) is 12.7 Å². The molecule has 1 aromatic heterocycles. The van der Waals surface area contributed by atoms with Crippen molar-refractivity contribution in [2.45, 2.75) is 38.6 Å². The lowest BCUT2D eigenvalue weighted by Gasteiger charge is -2.23. The average Bonchev–Trinajstić information content (AvgIpc) is 3.33. The van der Waals surface area contributed by atoms with Gasteiger partial charge in [0.05, 0.1) is 6.04 Å². The maximum Gasteiger partial charge on any atom is 0.298 e. The smallest absolute Gasteiger partial charge is 0.298 e. The third kappa shape index (κ3) is 4.01. The van der Waals surface area contributed by atoms with E-state index in [0.29, 0.717) is 31.0 Å². The number of aromatic nitrogens is 1. The van der Waals surface area contributed by atoms with E-state index in [9.17, 15) is 9.18 Å². The van der Waals surface area contributed by atoms with Crippen LogP contribution in [-0.2, 0) is 11.2 Å². The molecule has 1 amide bonds. The highest BCUT2D eigenvalue weighted by molar-refractivity contribution is 5.76. The lowest BCUT2D eigenvalue weighted by molar-refractivity contribution is -0.121. The molecule has 4 rings (SSSR count). The van der Waals surface area contributed by atoms with Gasteiger partial charge in [-0.1, -0.05) is 24.3 Å². The third-order valence-corrected chi connectivity index (χ3v) is 5.30. The van der Waals surface area contributed by atoms with Crippen molar-refractivity contribution in [1.29, 1.82) is 0 Å². The second kappa shape index (κ2) is 8.00. The van der Waals surface area contributed by atoms with E-state index in [1.54, 1.807) is 19.1 Å². The van der Waals surface area contributed by atoms with Gasteiger partial charge in [0.15, 0.2) is 5.58 Å². The number of oxazole rings is 1. The maximum absolute atomic E-state index is 13.3. The third-order valence-electron chi connectivity index (χ3n) is 5.30. The topological polar surface area (TPSA) is 58.4 Å². The van der Waals surface area contributed by atoms with Gasteiger partial charge in [-0.05, 0) is 55.5 Å². The fourth-order valence-corrected chi connectivity index (χ4v) is 3.72. The summed E-state index contributed by atoms with van der Waals surface area (Å²) in [6, 6.07) is 13.5. The number of para-hydroxylation sites is 2. The minimum absolute atomic E-state index is 0.00592. The van der Waals surface area contributed by atoms with Crippen molar-refractivity contribution in [2.75, 3.05) is 18.0 Å². The summed E-state index contributed by atoms with van der Waals surface area (Å²) in [6.45, 7) is 3.18. The van der Waals surface area contributed by atoms with Crippen LogP contribution in [0.15, 0.2) is 46.9 Å². The quantitative estimate of drug-likeness (QED) is 0.701. The van der Waals surface area contributed by atoms with E-state index in [-0.39, 0.29) is 17.8 Å². The Kier molecular flexibility index (Phi) is 5.28. The molecule has 5 nitrogen and oxygen atoms in total. The van der Waals surface area contributed by atoms with Gasteiger partial charge < -0.3 is 14.6 Å². The Morgan fingerprint density at radius 1 is 1.32 bits per heavy atom. The van der Waals surface area contributed by atoms with Gasteiger partial charge in [-0.25, -0.2) is 4.39 Å². The highest BCUT2D eigenvalue weighted by atomic mass is 19.1. The molecule has 0 bridgehead atoms. The molecule has 146 valence electrons. The molecular formula is C22H24FN3O2. The van der Waals surface area contributed by atoms with Crippen molar-refractivity contribution in [1.82, 2.24) is 10.3 Å². The van der Waals surface area contributed by atoms with Crippen LogP contribution in [-0.4, -0.2) is 30.0 Å². The molecular weight excluding hydrogens is 357 g/mol. The first-order chi connectivity index (χ1) is 13.6. The largest absolute Gasteiger partial charge is 0.423 e. The normalized spacial score (nSPS) is 16.6. The highest BCUT2D eigenvalue weighted by Crippen LogP contribution is 2.28. The maximum atomic E-state index is 13.3. The molecule has 1 aliphatic heterocycles. The molecule has 1 saturated heterocycles. The number of carbonyl (C=O) groups is 1. The number of halogens is 1. The molecule has 0 aliphatic carbocycles. The number of carbonyl (C=O) groups excluding carboxylic acids is 1. The van der Waals surface area contributed by atoms with Crippen LogP contribution < -0.4 is 10.2 Å². The molecule has 1 unspecified atom stereocenters. The Balaban J connectivity index is 1.31. The van der Waals surface area contributed by atoms with E-state index in [0.717, 1.165) is 36.0 Å². The molecule has 1 atom stereocenters. The second-order valence-corrected chi connectivity index (χ2v) is 7.34. The summed E-state index contributed by atoms with van der Waals surface area (Å²) in [5.74, 6) is -0.208. The molecule has 0 spiro atoms. The summed E-state index contributed by atoms with van der Waals surface area (Å²) in [5, 5.41) is 3.03. The van der Waals surface area contributed by atoms with E-state index >= 15 is 0 Å². The van der Waals surface area contributed by atoms with Crippen LogP contribution >= 0.6 is 0 Å². The lowest BCUT2D eigenvalue weighted by atomic mass is 10.1. The molecule has 28 heavy (non-hydrogen) atoms. The first-order valence-corrected chi connectivity index (χ1v) is 9.74. The van der Waals surface area contributed by atoms with E-state index in [1.807, 2.05) is 24.3 Å². The van der Waals surface area contributed by atoms with E-state index in [2.05, 4.69) is 15.2 Å². The molecule has 1 N–H and O–H groups in total. The van der Waals surface area contributed by atoms with E-state index in [4.69, 9.17) is 4.42 Å². The number of nitrogens with one attached hydrogen (secondary N) is 1. The molecule has 1 aliphatic rings. The number of benzene rings is 2. The molecule has 2 heterocycles. The summed E-state index contributed by atoms with van der Waals surface area (Å²) in [4.78, 5) is 19.0. The Hall–Kier alpha value is -2.89. The van der Waals surface area contributed by atoms with Gasteiger partial charge in [-0.3, -0.25) is 4.79 Å². The number of nitrogens with zero attached hydrogens (tertiary/aromatic N) is 2. The summed E-state index contributed by atoms with van der Waals surface area (Å²) in [7, 11) is 0. The standard InChI is InChI=1S/C22H24FN3O2/c1-15-13-16(8-10-18(15)23)9-11-21(27)24-14-17-5-4-12-26(17)22-25-19-6-2-3-7-20(19)28-22/h2-3,6-8,10,13,17H,4-5,9,11-12,14H2,1H3,(H,24,27). The second-order valence-electron chi connectivity index (χ2n) is 7.34. The molecule has 6 heteroatoms. The predicted octanol–water partition coefficient (Wildman–Crippen LogP) is 3.99. The minimum atomic E-state index is -0.214. The zero-order valence-electron chi connectivity index (χ0n) is 16.0. The average molecular weight is 381 g/mol. The van der Waals surface area contributed by atoms with E-state index in [1.165, 1.54) is 6.07 Å². The van der Waals surface area contributed by atoms with Crippen LogP contribution in [0.4, 0.5) is 10.4 Å². The minimum Gasteiger partial charge on any atom is -0.423 e. The summed E-state index contributed by atoms with van der Waals surface area (Å²) in [6.07, 6.45) is 3.04. The van der Waals surface area contributed by atoms with Crippen molar-refractivity contribution in [3.63, 3.8) is 0 Å². The predicted molar refractivity (Wildman–Crippen MR) is 107 cm³/mol. The van der Waals surface area contributed by atoms with Crippen molar-refractivity contribution in [2.24, 2.45) is 0 Å². The van der Waals surface area contributed by atoms with Gasteiger partial charge in [0.2, 0.25) is 5.91 Å². The molecule has 0 radical (unpaired) electrons. The number of hydrogen-bond acceptors (Lipinski definition) is 4. The Bertz CT molecular complexity index is 952. The summed E-state index contributed by atoms with van der Waals surface area (Å²) < 4.78 is 19.2. The van der Waals surface area contributed by atoms with Crippen molar-refractivity contribution >= 4 is 23.0 Å². The zero-order chi connectivity index (χ0) is 19.5. The molecule has 1 fully saturated rings. The first kappa shape index (κ1) is 18.5. The Labute approximate surface area is 163 Å². The summed E-state index contributed by atoms with van der Waals surface area (Å²) >= 11 is 0. The van der Waals surface area contributed by atoms with Gasteiger partial charge >= 0.3 is 0 Å². The van der Waals surface area contributed by atoms with Gasteiger partial charge in [0.1, 0.15) is 11.3 Å². The van der Waals surface area contributed by atoms with Crippen LogP contribution in [0.2, 0.25) is 0 Å². The molecule has 0 saturated carbocycles. The fourth-order valence-electron chi connectivity index (χ4n) is 3.72.